The Morgan fingerprint density at radius 2 is 1.89 bits per heavy atom. The number of nitrogens with one attached hydrogen (secondary N) is 1. The van der Waals surface area contributed by atoms with E-state index in [0.29, 0.717) is 11.2 Å². The molecule has 0 atom stereocenters. The Morgan fingerprint density at radius 3 is 2.56 bits per heavy atom. The number of hydrogen-bond acceptors (Lipinski definition) is 6. The van der Waals surface area contributed by atoms with Gasteiger partial charge in [0.2, 0.25) is 5.43 Å². The lowest BCUT2D eigenvalue weighted by Crippen LogP contribution is -2.43. The van der Waals surface area contributed by atoms with Crippen LogP contribution in [0.2, 0.25) is 0 Å². The van der Waals surface area contributed by atoms with Gasteiger partial charge in [0.25, 0.3) is 5.91 Å². The molecule has 0 spiro atoms. The maximum absolute atomic E-state index is 14.9. The van der Waals surface area contributed by atoms with Crippen molar-refractivity contribution in [3.8, 4) is 0 Å². The minimum absolute atomic E-state index is 0.0722. The molecule has 1 saturated carbocycles. The number of carbonyl (C=O) groups is 1. The molecule has 0 radical (unpaired) electrons. The van der Waals surface area contributed by atoms with E-state index in [4.69, 9.17) is 0 Å². The molecule has 1 amide bonds. The Bertz CT molecular complexity index is 1020. The lowest BCUT2D eigenvalue weighted by atomic mass is 10.1. The first-order chi connectivity index (χ1) is 13.1. The van der Waals surface area contributed by atoms with Gasteiger partial charge in [-0.3, -0.25) is 9.59 Å². The molecule has 27 heavy (non-hydrogen) atoms. The summed E-state index contributed by atoms with van der Waals surface area (Å²) in [5, 5.41) is 12.0. The number of pyridine rings is 1. The quantitative estimate of drug-likeness (QED) is 0.890. The summed E-state index contributed by atoms with van der Waals surface area (Å²) in [5.41, 5.74) is 0.948. The van der Waals surface area contributed by atoms with Crippen molar-refractivity contribution < 1.29 is 9.18 Å². The van der Waals surface area contributed by atoms with E-state index >= 15 is 0 Å². The van der Waals surface area contributed by atoms with Crippen LogP contribution in [0.25, 0.3) is 10.9 Å². The summed E-state index contributed by atoms with van der Waals surface area (Å²) in [5.74, 6) is -0.776. The van der Waals surface area contributed by atoms with Gasteiger partial charge in [0.15, 0.2) is 0 Å². The van der Waals surface area contributed by atoms with Gasteiger partial charge >= 0.3 is 0 Å². The zero-order chi connectivity index (χ0) is 18.5. The summed E-state index contributed by atoms with van der Waals surface area (Å²) in [6, 6.07) is 3.32. The Hall–Kier alpha value is -2.81. The lowest BCUT2D eigenvalue weighted by Gasteiger charge is -2.30. The number of rotatable bonds is 3. The first kappa shape index (κ1) is 16.4. The summed E-state index contributed by atoms with van der Waals surface area (Å²) in [7, 11) is 0. The molecule has 1 aromatic heterocycles. The second-order valence-electron chi connectivity index (χ2n) is 7.13. The van der Waals surface area contributed by atoms with Crippen LogP contribution in [0.3, 0.4) is 0 Å². The standard InChI is InChI=1S/C18H19FN6O2/c19-13-7-12-14(8-15(13)23-5-3-20-4-6-23)24(11-1-2-11)10-16(18(12)27)25-17(26)9-21-22-25/h7-8,10-11,20H,1-6,9H2. The summed E-state index contributed by atoms with van der Waals surface area (Å²) < 4.78 is 16.9. The van der Waals surface area contributed by atoms with Gasteiger partial charge in [-0.25, -0.2) is 4.39 Å². The molecular formula is C18H19FN6O2. The number of halogens is 1. The largest absolute Gasteiger partial charge is 0.367 e. The minimum atomic E-state index is -0.421. The average Bonchev–Trinajstić information content (AvgIpc) is 3.44. The van der Waals surface area contributed by atoms with Gasteiger partial charge in [0.05, 0.1) is 16.6 Å². The fraction of sp³-hybridized carbons (Fsp3) is 0.444. The number of aromatic nitrogens is 1. The van der Waals surface area contributed by atoms with Gasteiger partial charge in [0, 0.05) is 38.4 Å². The molecule has 8 nitrogen and oxygen atoms in total. The normalized spacial score (nSPS) is 20.1. The molecule has 2 aliphatic heterocycles. The fourth-order valence-electron chi connectivity index (χ4n) is 3.75. The number of nitrogens with zero attached hydrogens (tertiary/aromatic N) is 5. The van der Waals surface area contributed by atoms with Gasteiger partial charge in [-0.05, 0) is 25.0 Å². The second kappa shape index (κ2) is 6.12. The summed E-state index contributed by atoms with van der Waals surface area (Å²) in [6.45, 7) is 2.96. The van der Waals surface area contributed by atoms with Crippen molar-refractivity contribution in [3.05, 3.63) is 34.4 Å². The van der Waals surface area contributed by atoms with E-state index in [1.54, 1.807) is 12.3 Å². The number of piperazine rings is 1. The van der Waals surface area contributed by atoms with E-state index in [0.717, 1.165) is 44.0 Å². The number of fused-ring (bicyclic) bond motifs is 1. The van der Waals surface area contributed by atoms with E-state index in [1.807, 2.05) is 9.47 Å². The smallest absolute Gasteiger partial charge is 0.272 e. The Morgan fingerprint density at radius 1 is 1.11 bits per heavy atom. The van der Waals surface area contributed by atoms with Crippen LogP contribution in [0.1, 0.15) is 18.9 Å². The van der Waals surface area contributed by atoms with Crippen molar-refractivity contribution in [1.82, 2.24) is 9.88 Å². The third-order valence-corrected chi connectivity index (χ3v) is 5.30. The van der Waals surface area contributed by atoms with Crippen molar-refractivity contribution in [1.29, 1.82) is 0 Å². The molecule has 2 aromatic rings. The van der Waals surface area contributed by atoms with Crippen LogP contribution in [0.5, 0.6) is 0 Å². The molecule has 1 N–H and O–H groups in total. The third kappa shape index (κ3) is 2.69. The van der Waals surface area contributed by atoms with E-state index < -0.39 is 11.2 Å². The SMILES string of the molecule is O=C1CN=NN1c1cn(C2CC2)c2cc(N3CCNCC3)c(F)cc2c1=O. The molecule has 1 saturated heterocycles. The number of amides is 1. The molecule has 1 aliphatic carbocycles. The first-order valence-corrected chi connectivity index (χ1v) is 9.18. The van der Waals surface area contributed by atoms with Gasteiger partial charge in [-0.15, -0.1) is 0 Å². The highest BCUT2D eigenvalue weighted by atomic mass is 19.1. The van der Waals surface area contributed by atoms with Crippen molar-refractivity contribution in [2.75, 3.05) is 42.6 Å². The van der Waals surface area contributed by atoms with E-state index in [-0.39, 0.29) is 29.6 Å². The summed E-state index contributed by atoms with van der Waals surface area (Å²) in [4.78, 5) is 27.0. The van der Waals surface area contributed by atoms with E-state index in [2.05, 4.69) is 15.7 Å². The molecule has 1 aromatic carbocycles. The molecule has 9 heteroatoms. The molecule has 3 heterocycles. The Labute approximate surface area is 154 Å². The van der Waals surface area contributed by atoms with Gasteiger partial charge < -0.3 is 14.8 Å². The van der Waals surface area contributed by atoms with Crippen LogP contribution in [0.15, 0.2) is 33.5 Å². The van der Waals surface area contributed by atoms with Crippen LogP contribution in [-0.4, -0.2) is 43.2 Å². The van der Waals surface area contributed by atoms with Gasteiger partial charge in [0.1, 0.15) is 18.0 Å². The van der Waals surface area contributed by atoms with Crippen molar-refractivity contribution in [2.45, 2.75) is 18.9 Å². The summed E-state index contributed by atoms with van der Waals surface area (Å²) >= 11 is 0. The zero-order valence-corrected chi connectivity index (χ0v) is 14.7. The summed E-state index contributed by atoms with van der Waals surface area (Å²) in [6.07, 6.45) is 3.66. The topological polar surface area (TPSA) is 82.3 Å². The molecular weight excluding hydrogens is 351 g/mol. The molecule has 0 unspecified atom stereocenters. The van der Waals surface area contributed by atoms with Crippen molar-refractivity contribution in [2.24, 2.45) is 10.3 Å². The predicted molar refractivity (Wildman–Crippen MR) is 98.7 cm³/mol. The molecule has 2 fully saturated rings. The van der Waals surface area contributed by atoms with Crippen LogP contribution in [-0.2, 0) is 4.79 Å². The molecule has 3 aliphatic rings. The van der Waals surface area contributed by atoms with Gasteiger partial charge in [-0.2, -0.15) is 10.1 Å². The lowest BCUT2D eigenvalue weighted by molar-refractivity contribution is -0.116. The number of benzene rings is 1. The fourth-order valence-corrected chi connectivity index (χ4v) is 3.75. The maximum Gasteiger partial charge on any atom is 0.272 e. The number of anilines is 2. The first-order valence-electron chi connectivity index (χ1n) is 9.18. The highest BCUT2D eigenvalue weighted by Gasteiger charge is 2.30. The Balaban J connectivity index is 1.71. The van der Waals surface area contributed by atoms with E-state index in [1.165, 1.54) is 6.07 Å². The zero-order valence-electron chi connectivity index (χ0n) is 14.7. The maximum atomic E-state index is 14.9. The van der Waals surface area contributed by atoms with Crippen LogP contribution in [0, 0.1) is 5.82 Å². The highest BCUT2D eigenvalue weighted by molar-refractivity contribution is 5.97. The molecule has 0 bridgehead atoms. The monoisotopic (exact) mass is 370 g/mol. The highest BCUT2D eigenvalue weighted by Crippen LogP contribution is 2.39. The Kier molecular flexibility index (Phi) is 3.71. The number of hydrogen-bond donors (Lipinski definition) is 1. The van der Waals surface area contributed by atoms with Crippen LogP contribution in [0.4, 0.5) is 15.8 Å². The predicted octanol–water partition coefficient (Wildman–Crippen LogP) is 1.60. The third-order valence-electron chi connectivity index (χ3n) is 5.30. The van der Waals surface area contributed by atoms with E-state index in [9.17, 15) is 14.0 Å². The van der Waals surface area contributed by atoms with Gasteiger partial charge in [-0.1, -0.05) is 5.22 Å². The molecule has 140 valence electrons. The molecule has 5 rings (SSSR count). The number of carbonyl (C=O) groups excluding carboxylic acids is 1. The van der Waals surface area contributed by atoms with Crippen molar-refractivity contribution in [3.63, 3.8) is 0 Å². The van der Waals surface area contributed by atoms with Crippen LogP contribution >= 0.6 is 0 Å². The van der Waals surface area contributed by atoms with Crippen molar-refractivity contribution >= 4 is 28.2 Å². The minimum Gasteiger partial charge on any atom is -0.367 e. The average molecular weight is 370 g/mol. The second-order valence-corrected chi connectivity index (χ2v) is 7.13. The van der Waals surface area contributed by atoms with Crippen LogP contribution < -0.4 is 20.7 Å².